The number of rotatable bonds is 7. The SMILES string of the molecule is NC(=O)[C@H]1CCCCN1C(=O)CSc1nnc(C2CC2)n1Cc1ccccc1. The number of carbonyl (C=O) groups is 2. The summed E-state index contributed by atoms with van der Waals surface area (Å²) >= 11 is 1.39. The fourth-order valence-electron chi connectivity index (χ4n) is 3.70. The van der Waals surface area contributed by atoms with Crippen LogP contribution in [0.25, 0.3) is 0 Å². The lowest BCUT2D eigenvalue weighted by Crippen LogP contribution is -2.51. The molecular weight excluding hydrogens is 374 g/mol. The van der Waals surface area contributed by atoms with Crippen molar-refractivity contribution in [3.05, 3.63) is 41.7 Å². The second-order valence-corrected chi connectivity index (χ2v) is 8.42. The van der Waals surface area contributed by atoms with E-state index in [-0.39, 0.29) is 11.7 Å². The summed E-state index contributed by atoms with van der Waals surface area (Å²) in [7, 11) is 0. The van der Waals surface area contributed by atoms with Gasteiger partial charge in [0.1, 0.15) is 11.9 Å². The van der Waals surface area contributed by atoms with E-state index in [9.17, 15) is 9.59 Å². The molecule has 0 bridgehead atoms. The lowest BCUT2D eigenvalue weighted by Gasteiger charge is -2.33. The molecule has 148 valence electrons. The second kappa shape index (κ2) is 8.34. The minimum atomic E-state index is -0.480. The van der Waals surface area contributed by atoms with Gasteiger partial charge in [-0.15, -0.1) is 10.2 Å². The highest BCUT2D eigenvalue weighted by molar-refractivity contribution is 7.99. The second-order valence-electron chi connectivity index (χ2n) is 7.48. The highest BCUT2D eigenvalue weighted by Gasteiger charge is 2.32. The highest BCUT2D eigenvalue weighted by atomic mass is 32.2. The van der Waals surface area contributed by atoms with E-state index in [0.29, 0.717) is 25.4 Å². The van der Waals surface area contributed by atoms with Crippen molar-refractivity contribution in [2.75, 3.05) is 12.3 Å². The van der Waals surface area contributed by atoms with Crippen LogP contribution >= 0.6 is 11.8 Å². The molecule has 0 unspecified atom stereocenters. The molecule has 1 saturated carbocycles. The van der Waals surface area contributed by atoms with Crippen molar-refractivity contribution in [1.29, 1.82) is 0 Å². The lowest BCUT2D eigenvalue weighted by molar-refractivity contribution is -0.138. The Hall–Kier alpha value is -2.35. The Kier molecular flexibility index (Phi) is 5.66. The maximum atomic E-state index is 12.7. The largest absolute Gasteiger partial charge is 0.368 e. The normalized spacial score (nSPS) is 19.6. The Morgan fingerprint density at radius 2 is 1.89 bits per heavy atom. The van der Waals surface area contributed by atoms with E-state index >= 15 is 0 Å². The van der Waals surface area contributed by atoms with E-state index in [0.717, 1.165) is 36.7 Å². The van der Waals surface area contributed by atoms with Crippen LogP contribution in [0, 0.1) is 0 Å². The van der Waals surface area contributed by atoms with Gasteiger partial charge in [0.05, 0.1) is 12.3 Å². The first-order valence-electron chi connectivity index (χ1n) is 9.82. The quantitative estimate of drug-likeness (QED) is 0.720. The van der Waals surface area contributed by atoms with Gasteiger partial charge in [0.2, 0.25) is 11.8 Å². The van der Waals surface area contributed by atoms with Gasteiger partial charge in [-0.2, -0.15) is 0 Å². The summed E-state index contributed by atoms with van der Waals surface area (Å²) < 4.78 is 2.13. The molecule has 28 heavy (non-hydrogen) atoms. The molecule has 1 aromatic heterocycles. The molecule has 1 aliphatic carbocycles. The zero-order valence-electron chi connectivity index (χ0n) is 15.8. The summed E-state index contributed by atoms with van der Waals surface area (Å²) in [5.74, 6) is 1.24. The molecule has 2 aromatic rings. The van der Waals surface area contributed by atoms with Gasteiger partial charge >= 0.3 is 0 Å². The van der Waals surface area contributed by atoms with Gasteiger partial charge in [0.15, 0.2) is 5.16 Å². The molecular formula is C20H25N5O2S. The Morgan fingerprint density at radius 3 is 2.61 bits per heavy atom. The Labute approximate surface area is 168 Å². The Morgan fingerprint density at radius 1 is 1.11 bits per heavy atom. The molecule has 2 N–H and O–H groups in total. The van der Waals surface area contributed by atoms with Crippen LogP contribution in [0.4, 0.5) is 0 Å². The number of primary amides is 1. The standard InChI is InChI=1S/C20H25N5O2S/c21-18(27)16-8-4-5-11-24(16)17(26)13-28-20-23-22-19(15-9-10-15)25(20)12-14-6-2-1-3-7-14/h1-3,6-7,15-16H,4-5,8-13H2,(H2,21,27)/t16-/m1/s1. The predicted molar refractivity (Wildman–Crippen MR) is 107 cm³/mol. The Bertz CT molecular complexity index is 850. The lowest BCUT2D eigenvalue weighted by atomic mass is 10.0. The fourth-order valence-corrected chi connectivity index (χ4v) is 4.53. The molecule has 4 rings (SSSR count). The molecule has 2 aliphatic rings. The summed E-state index contributed by atoms with van der Waals surface area (Å²) in [6.07, 6.45) is 4.79. The van der Waals surface area contributed by atoms with Crippen molar-refractivity contribution < 1.29 is 9.59 Å². The molecule has 8 heteroatoms. The summed E-state index contributed by atoms with van der Waals surface area (Å²) in [6.45, 7) is 1.29. The molecule has 1 aliphatic heterocycles. The fraction of sp³-hybridized carbons (Fsp3) is 0.500. The van der Waals surface area contributed by atoms with Crippen LogP contribution in [-0.2, 0) is 16.1 Å². The van der Waals surface area contributed by atoms with Crippen molar-refractivity contribution >= 4 is 23.6 Å². The molecule has 2 heterocycles. The van der Waals surface area contributed by atoms with Crippen molar-refractivity contribution in [2.45, 2.75) is 55.8 Å². The van der Waals surface area contributed by atoms with Crippen LogP contribution in [0.2, 0.25) is 0 Å². The smallest absolute Gasteiger partial charge is 0.240 e. The van der Waals surface area contributed by atoms with E-state index in [1.165, 1.54) is 17.3 Å². The monoisotopic (exact) mass is 399 g/mol. The predicted octanol–water partition coefficient (Wildman–Crippen LogP) is 2.16. The number of nitrogens with zero attached hydrogens (tertiary/aromatic N) is 4. The topological polar surface area (TPSA) is 94.1 Å². The van der Waals surface area contributed by atoms with Crippen LogP contribution in [0.15, 0.2) is 35.5 Å². The molecule has 7 nitrogen and oxygen atoms in total. The Balaban J connectivity index is 1.47. The first-order valence-corrected chi connectivity index (χ1v) is 10.8. The molecule has 2 fully saturated rings. The van der Waals surface area contributed by atoms with E-state index in [1.54, 1.807) is 4.90 Å². The van der Waals surface area contributed by atoms with Gasteiger partial charge < -0.3 is 15.2 Å². The van der Waals surface area contributed by atoms with Gasteiger partial charge in [0, 0.05) is 12.5 Å². The third kappa shape index (κ3) is 4.22. The highest BCUT2D eigenvalue weighted by Crippen LogP contribution is 2.40. The number of amides is 2. The first kappa shape index (κ1) is 19.0. The number of thioether (sulfide) groups is 1. The van der Waals surface area contributed by atoms with Gasteiger partial charge in [-0.05, 0) is 37.7 Å². The molecule has 1 saturated heterocycles. The summed E-state index contributed by atoms with van der Waals surface area (Å²) in [5, 5.41) is 9.52. The molecule has 0 radical (unpaired) electrons. The van der Waals surface area contributed by atoms with Crippen molar-refractivity contribution in [2.24, 2.45) is 5.73 Å². The van der Waals surface area contributed by atoms with Crippen LogP contribution in [0.5, 0.6) is 0 Å². The molecule has 1 atom stereocenters. The zero-order valence-corrected chi connectivity index (χ0v) is 16.6. The third-order valence-corrected chi connectivity index (χ3v) is 6.30. The maximum absolute atomic E-state index is 12.7. The number of carbonyl (C=O) groups excluding carboxylic acids is 2. The van der Waals surface area contributed by atoms with Crippen molar-refractivity contribution in [1.82, 2.24) is 19.7 Å². The summed E-state index contributed by atoms with van der Waals surface area (Å²) in [6, 6.07) is 9.73. The van der Waals surface area contributed by atoms with E-state index in [2.05, 4.69) is 26.9 Å². The van der Waals surface area contributed by atoms with Gasteiger partial charge in [0.25, 0.3) is 0 Å². The summed E-state index contributed by atoms with van der Waals surface area (Å²) in [4.78, 5) is 26.1. The van der Waals surface area contributed by atoms with Gasteiger partial charge in [-0.25, -0.2) is 0 Å². The average Bonchev–Trinajstić information content (AvgIpc) is 3.49. The number of hydrogen-bond acceptors (Lipinski definition) is 5. The number of nitrogens with two attached hydrogens (primary N) is 1. The summed E-state index contributed by atoms with van der Waals surface area (Å²) in [5.41, 5.74) is 6.67. The average molecular weight is 400 g/mol. The number of hydrogen-bond donors (Lipinski definition) is 1. The maximum Gasteiger partial charge on any atom is 0.240 e. The minimum absolute atomic E-state index is 0.0595. The number of aromatic nitrogens is 3. The van der Waals surface area contributed by atoms with Crippen LogP contribution in [0.1, 0.15) is 49.4 Å². The van der Waals surface area contributed by atoms with Gasteiger partial charge in [-0.3, -0.25) is 9.59 Å². The van der Waals surface area contributed by atoms with Crippen molar-refractivity contribution in [3.63, 3.8) is 0 Å². The van der Waals surface area contributed by atoms with Crippen LogP contribution in [-0.4, -0.2) is 49.8 Å². The number of likely N-dealkylation sites (tertiary alicyclic amines) is 1. The molecule has 0 spiro atoms. The van der Waals surface area contributed by atoms with Crippen molar-refractivity contribution in [3.8, 4) is 0 Å². The zero-order chi connectivity index (χ0) is 19.5. The molecule has 1 aromatic carbocycles. The van der Waals surface area contributed by atoms with Crippen LogP contribution in [0.3, 0.4) is 0 Å². The minimum Gasteiger partial charge on any atom is -0.368 e. The van der Waals surface area contributed by atoms with Gasteiger partial charge in [-0.1, -0.05) is 42.1 Å². The number of piperidine rings is 1. The van der Waals surface area contributed by atoms with E-state index < -0.39 is 11.9 Å². The third-order valence-electron chi connectivity index (χ3n) is 5.35. The number of benzene rings is 1. The van der Waals surface area contributed by atoms with Crippen LogP contribution < -0.4 is 5.73 Å². The van der Waals surface area contributed by atoms with E-state index in [4.69, 9.17) is 5.73 Å². The van der Waals surface area contributed by atoms with E-state index in [1.807, 2.05) is 18.2 Å². The molecule has 2 amide bonds. The first-order chi connectivity index (χ1) is 13.6.